The molecule has 1 nitrogen and oxygen atoms in total. The van der Waals surface area contributed by atoms with Crippen molar-refractivity contribution in [3.8, 4) is 0 Å². The third-order valence-corrected chi connectivity index (χ3v) is 4.01. The Morgan fingerprint density at radius 2 is 1.60 bits per heavy atom. The highest BCUT2D eigenvalue weighted by Gasteiger charge is 2.06. The number of unbranched alkanes of at least 4 members (excludes halogenated alkanes) is 4. The molecule has 1 aromatic heterocycles. The first kappa shape index (κ1) is 13.2. The van der Waals surface area contributed by atoms with Crippen molar-refractivity contribution >= 4 is 21.9 Å². The average Bonchev–Trinajstić information content (AvgIpc) is 2.84. The van der Waals surface area contributed by atoms with Gasteiger partial charge in [0.05, 0.1) is 0 Å². The van der Waals surface area contributed by atoms with Crippen molar-refractivity contribution in [2.45, 2.75) is 45.4 Å². The quantitative estimate of drug-likeness (QED) is 0.491. The molecule has 20 heavy (non-hydrogen) atoms. The topological polar surface area (TPSA) is 13.1 Å². The van der Waals surface area contributed by atoms with Crippen LogP contribution >= 0.6 is 0 Å². The van der Waals surface area contributed by atoms with Gasteiger partial charge in [-0.15, -0.1) is 0 Å². The predicted molar refractivity (Wildman–Crippen MR) is 86.2 cm³/mol. The average molecular weight is 266 g/mol. The van der Waals surface area contributed by atoms with Gasteiger partial charge in [-0.3, -0.25) is 0 Å². The second kappa shape index (κ2) is 6.13. The zero-order valence-corrected chi connectivity index (χ0v) is 12.2. The molecule has 3 rings (SSSR count). The Bertz CT molecular complexity index is 693. The van der Waals surface area contributed by atoms with Crippen LogP contribution in [0.2, 0.25) is 0 Å². The van der Waals surface area contributed by atoms with Crippen LogP contribution in [0.25, 0.3) is 21.9 Å². The maximum absolute atomic E-state index is 5.94. The van der Waals surface area contributed by atoms with Crippen LogP contribution in [-0.2, 0) is 6.42 Å². The van der Waals surface area contributed by atoms with Crippen LogP contribution in [0, 0.1) is 0 Å². The molecule has 0 aliphatic heterocycles. The maximum Gasteiger partial charge on any atom is 0.135 e. The lowest BCUT2D eigenvalue weighted by Gasteiger charge is -2.01. The molecule has 0 spiro atoms. The van der Waals surface area contributed by atoms with Crippen LogP contribution in [0.1, 0.15) is 44.6 Å². The van der Waals surface area contributed by atoms with Gasteiger partial charge in [-0.2, -0.15) is 0 Å². The smallest absolute Gasteiger partial charge is 0.135 e. The van der Waals surface area contributed by atoms with Gasteiger partial charge in [0.15, 0.2) is 0 Å². The highest BCUT2D eigenvalue weighted by Crippen LogP contribution is 2.29. The molecule has 0 atom stereocenters. The van der Waals surface area contributed by atoms with Gasteiger partial charge in [0, 0.05) is 10.8 Å². The molecule has 0 radical (unpaired) electrons. The summed E-state index contributed by atoms with van der Waals surface area (Å²) in [6, 6.07) is 14.9. The van der Waals surface area contributed by atoms with E-state index in [-0.39, 0.29) is 0 Å². The number of aryl methyl sites for hydroxylation is 1. The highest BCUT2D eigenvalue weighted by molar-refractivity contribution is 6.04. The first-order valence-corrected chi connectivity index (χ1v) is 7.78. The van der Waals surface area contributed by atoms with E-state index >= 15 is 0 Å². The first-order chi connectivity index (χ1) is 9.88. The van der Waals surface area contributed by atoms with Crippen molar-refractivity contribution in [3.63, 3.8) is 0 Å². The SMILES string of the molecule is CCCCCCCc1ccc2c(c1)oc1ccccc12. The zero-order chi connectivity index (χ0) is 13.8. The van der Waals surface area contributed by atoms with E-state index in [1.54, 1.807) is 0 Å². The van der Waals surface area contributed by atoms with Crippen LogP contribution in [0.3, 0.4) is 0 Å². The second-order valence-electron chi connectivity index (χ2n) is 5.59. The van der Waals surface area contributed by atoms with Crippen molar-refractivity contribution in [3.05, 3.63) is 48.0 Å². The Morgan fingerprint density at radius 1 is 0.800 bits per heavy atom. The predicted octanol–water partition coefficient (Wildman–Crippen LogP) is 6.10. The van der Waals surface area contributed by atoms with E-state index in [1.165, 1.54) is 48.4 Å². The molecule has 1 heterocycles. The molecule has 0 saturated carbocycles. The van der Waals surface area contributed by atoms with E-state index in [9.17, 15) is 0 Å². The molecule has 0 saturated heterocycles. The minimum Gasteiger partial charge on any atom is -0.456 e. The van der Waals surface area contributed by atoms with Crippen molar-refractivity contribution in [1.29, 1.82) is 0 Å². The van der Waals surface area contributed by atoms with Crippen LogP contribution in [-0.4, -0.2) is 0 Å². The van der Waals surface area contributed by atoms with Gasteiger partial charge in [-0.05, 0) is 30.5 Å². The molecule has 0 aliphatic rings. The number of hydrogen-bond acceptors (Lipinski definition) is 1. The molecule has 0 aliphatic carbocycles. The summed E-state index contributed by atoms with van der Waals surface area (Å²) >= 11 is 0. The summed E-state index contributed by atoms with van der Waals surface area (Å²) in [6.45, 7) is 2.26. The van der Waals surface area contributed by atoms with Crippen LogP contribution in [0.5, 0.6) is 0 Å². The number of furan rings is 1. The van der Waals surface area contributed by atoms with E-state index in [1.807, 2.05) is 12.1 Å². The Kier molecular flexibility index (Phi) is 4.05. The summed E-state index contributed by atoms with van der Waals surface area (Å²) in [7, 11) is 0. The minimum atomic E-state index is 0.989. The van der Waals surface area contributed by atoms with Gasteiger partial charge in [0.1, 0.15) is 11.2 Å². The van der Waals surface area contributed by atoms with Gasteiger partial charge in [-0.25, -0.2) is 0 Å². The lowest BCUT2D eigenvalue weighted by molar-refractivity contribution is 0.631. The van der Waals surface area contributed by atoms with Gasteiger partial charge in [0.2, 0.25) is 0 Å². The van der Waals surface area contributed by atoms with Gasteiger partial charge in [-0.1, -0.05) is 62.9 Å². The van der Waals surface area contributed by atoms with E-state index in [0.29, 0.717) is 0 Å². The zero-order valence-electron chi connectivity index (χ0n) is 12.2. The largest absolute Gasteiger partial charge is 0.456 e. The van der Waals surface area contributed by atoms with Gasteiger partial charge < -0.3 is 4.42 Å². The number of rotatable bonds is 6. The molecule has 2 aromatic carbocycles. The normalized spacial score (nSPS) is 11.4. The Morgan fingerprint density at radius 3 is 2.50 bits per heavy atom. The van der Waals surface area contributed by atoms with Crippen LogP contribution in [0.15, 0.2) is 46.9 Å². The molecule has 0 unspecified atom stereocenters. The van der Waals surface area contributed by atoms with Crippen LogP contribution in [0.4, 0.5) is 0 Å². The molecule has 3 aromatic rings. The molecule has 0 bridgehead atoms. The third kappa shape index (κ3) is 2.72. The fourth-order valence-corrected chi connectivity index (χ4v) is 2.86. The summed E-state index contributed by atoms with van der Waals surface area (Å²) in [5.74, 6) is 0. The summed E-state index contributed by atoms with van der Waals surface area (Å²) in [6.07, 6.45) is 7.82. The third-order valence-electron chi connectivity index (χ3n) is 4.01. The fourth-order valence-electron chi connectivity index (χ4n) is 2.86. The molecule has 0 amide bonds. The van der Waals surface area contributed by atoms with Gasteiger partial charge in [0.25, 0.3) is 0 Å². The van der Waals surface area contributed by atoms with E-state index in [2.05, 4.69) is 37.3 Å². The summed E-state index contributed by atoms with van der Waals surface area (Å²) < 4.78 is 5.94. The summed E-state index contributed by atoms with van der Waals surface area (Å²) in [4.78, 5) is 0. The van der Waals surface area contributed by atoms with Gasteiger partial charge >= 0.3 is 0 Å². The fraction of sp³-hybridized carbons (Fsp3) is 0.368. The molecule has 0 fully saturated rings. The maximum atomic E-state index is 5.94. The number of benzene rings is 2. The highest BCUT2D eigenvalue weighted by atomic mass is 16.3. The Labute approximate surface area is 120 Å². The number of para-hydroxylation sites is 1. The summed E-state index contributed by atoms with van der Waals surface area (Å²) in [5.41, 5.74) is 3.41. The molecule has 104 valence electrons. The molecular formula is C19H22O. The van der Waals surface area contributed by atoms with Crippen molar-refractivity contribution in [2.75, 3.05) is 0 Å². The Balaban J connectivity index is 1.75. The van der Waals surface area contributed by atoms with E-state index in [0.717, 1.165) is 17.6 Å². The first-order valence-electron chi connectivity index (χ1n) is 7.78. The lowest BCUT2D eigenvalue weighted by Crippen LogP contribution is -1.85. The number of fused-ring (bicyclic) bond motifs is 3. The standard InChI is InChI=1S/C19H22O/c1-2-3-4-5-6-9-15-12-13-17-16-10-7-8-11-18(16)20-19(17)14-15/h7-8,10-14H,2-6,9H2,1H3. The number of hydrogen-bond donors (Lipinski definition) is 0. The minimum absolute atomic E-state index is 0.989. The van der Waals surface area contributed by atoms with E-state index < -0.39 is 0 Å². The van der Waals surface area contributed by atoms with Crippen LogP contribution < -0.4 is 0 Å². The molecular weight excluding hydrogens is 244 g/mol. The Hall–Kier alpha value is -1.76. The summed E-state index contributed by atoms with van der Waals surface area (Å²) in [5, 5.41) is 2.45. The monoisotopic (exact) mass is 266 g/mol. The van der Waals surface area contributed by atoms with Crippen molar-refractivity contribution in [1.82, 2.24) is 0 Å². The van der Waals surface area contributed by atoms with Crippen molar-refractivity contribution in [2.24, 2.45) is 0 Å². The lowest BCUT2D eigenvalue weighted by atomic mass is 10.0. The molecule has 0 N–H and O–H groups in total. The van der Waals surface area contributed by atoms with Crippen molar-refractivity contribution < 1.29 is 4.42 Å². The van der Waals surface area contributed by atoms with E-state index in [4.69, 9.17) is 4.42 Å². The second-order valence-corrected chi connectivity index (χ2v) is 5.59. The molecule has 1 heteroatoms.